The van der Waals surface area contributed by atoms with E-state index in [9.17, 15) is 0 Å². The van der Waals surface area contributed by atoms with E-state index in [0.717, 1.165) is 38.6 Å². The van der Waals surface area contributed by atoms with E-state index >= 15 is 0 Å². The second-order valence-electron chi connectivity index (χ2n) is 5.88. The number of rotatable bonds is 6. The summed E-state index contributed by atoms with van der Waals surface area (Å²) in [5.41, 5.74) is 1.23. The first-order chi connectivity index (χ1) is 10.7. The van der Waals surface area contributed by atoms with E-state index in [0.29, 0.717) is 12.5 Å². The van der Waals surface area contributed by atoms with Gasteiger partial charge in [0.1, 0.15) is 5.82 Å². The van der Waals surface area contributed by atoms with Crippen molar-refractivity contribution >= 4 is 0 Å². The van der Waals surface area contributed by atoms with Crippen LogP contribution in [-0.2, 0) is 31.4 Å². The first-order valence-electron chi connectivity index (χ1n) is 7.63. The number of hydrogen-bond acceptors (Lipinski definition) is 4. The Hall–Kier alpha value is -1.92. The van der Waals surface area contributed by atoms with Crippen molar-refractivity contribution in [3.63, 3.8) is 0 Å². The summed E-state index contributed by atoms with van der Waals surface area (Å²) in [6, 6.07) is 0. The van der Waals surface area contributed by atoms with E-state index in [-0.39, 0.29) is 0 Å². The maximum Gasteiger partial charge on any atom is 0.122 e. The molecule has 2 aromatic heterocycles. The summed E-state index contributed by atoms with van der Waals surface area (Å²) >= 11 is 0. The zero-order valence-electron chi connectivity index (χ0n) is 13.1. The molecule has 0 unspecified atom stereocenters. The molecule has 0 saturated carbocycles. The lowest BCUT2D eigenvalue weighted by atomic mass is 10.1. The fraction of sp³-hybridized carbons (Fsp3) is 0.500. The van der Waals surface area contributed by atoms with Crippen LogP contribution >= 0.6 is 0 Å². The molecule has 0 radical (unpaired) electrons. The molecule has 0 aliphatic carbocycles. The monoisotopic (exact) mass is 301 g/mol. The van der Waals surface area contributed by atoms with E-state index in [2.05, 4.69) is 38.5 Å². The average Bonchev–Trinajstić information content (AvgIpc) is 3.05. The van der Waals surface area contributed by atoms with Crippen LogP contribution in [0.25, 0.3) is 0 Å². The molecule has 6 heteroatoms. The summed E-state index contributed by atoms with van der Waals surface area (Å²) < 4.78 is 9.76. The lowest BCUT2D eigenvalue weighted by Crippen LogP contribution is -2.30. The van der Waals surface area contributed by atoms with Gasteiger partial charge in [0.05, 0.1) is 26.0 Å². The summed E-state index contributed by atoms with van der Waals surface area (Å²) in [5, 5.41) is 4.25. The zero-order valence-corrected chi connectivity index (χ0v) is 13.1. The summed E-state index contributed by atoms with van der Waals surface area (Å²) in [6.07, 6.45) is 9.74. The van der Waals surface area contributed by atoms with Gasteiger partial charge in [0.25, 0.3) is 0 Å². The lowest BCUT2D eigenvalue weighted by Gasteiger charge is -2.23. The van der Waals surface area contributed by atoms with Gasteiger partial charge in [-0.15, -0.1) is 6.58 Å². The Morgan fingerprint density at radius 2 is 2.36 bits per heavy atom. The molecule has 0 fully saturated rings. The number of nitrogens with zero attached hydrogens (tertiary/aromatic N) is 5. The highest BCUT2D eigenvalue weighted by atomic mass is 16.5. The number of ether oxygens (including phenoxy) is 1. The van der Waals surface area contributed by atoms with E-state index in [4.69, 9.17) is 4.74 Å². The Morgan fingerprint density at radius 1 is 1.45 bits per heavy atom. The maximum absolute atomic E-state index is 5.68. The fourth-order valence-corrected chi connectivity index (χ4v) is 2.98. The first kappa shape index (κ1) is 15.0. The fourth-order valence-electron chi connectivity index (χ4n) is 2.98. The number of hydrogen-bond donors (Lipinski definition) is 0. The number of fused-ring (bicyclic) bond motifs is 1. The van der Waals surface area contributed by atoms with Gasteiger partial charge in [-0.05, 0) is 0 Å². The van der Waals surface area contributed by atoms with Crippen molar-refractivity contribution in [2.24, 2.45) is 13.0 Å². The minimum Gasteiger partial charge on any atom is -0.377 e. The van der Waals surface area contributed by atoms with Crippen molar-refractivity contribution in [2.75, 3.05) is 19.8 Å². The van der Waals surface area contributed by atoms with Crippen LogP contribution in [0.2, 0.25) is 0 Å². The van der Waals surface area contributed by atoms with E-state index in [1.807, 2.05) is 24.1 Å². The zero-order chi connectivity index (χ0) is 15.4. The van der Waals surface area contributed by atoms with E-state index in [1.165, 1.54) is 5.56 Å². The molecule has 0 bridgehead atoms. The lowest BCUT2D eigenvalue weighted by molar-refractivity contribution is 0.0943. The molecule has 0 amide bonds. The highest BCUT2D eigenvalue weighted by Crippen LogP contribution is 2.18. The molecule has 3 heterocycles. The SMILES string of the molecule is C=CCOC[C@@H]1CN(Cc2cnn(C)c2)Cc2nccn2C1. The Kier molecular flexibility index (Phi) is 4.70. The summed E-state index contributed by atoms with van der Waals surface area (Å²) in [6.45, 7) is 8.75. The van der Waals surface area contributed by atoms with Crippen LogP contribution in [-0.4, -0.2) is 44.0 Å². The van der Waals surface area contributed by atoms with Crippen LogP contribution in [0, 0.1) is 5.92 Å². The molecular formula is C16H23N5O. The molecule has 1 atom stereocenters. The van der Waals surface area contributed by atoms with Crippen LogP contribution in [0.1, 0.15) is 11.4 Å². The van der Waals surface area contributed by atoms with E-state index < -0.39 is 0 Å². The van der Waals surface area contributed by atoms with Gasteiger partial charge in [0.2, 0.25) is 0 Å². The van der Waals surface area contributed by atoms with Gasteiger partial charge >= 0.3 is 0 Å². The normalized spacial score (nSPS) is 18.9. The molecule has 118 valence electrons. The number of imidazole rings is 1. The topological polar surface area (TPSA) is 48.1 Å². The third-order valence-corrected chi connectivity index (χ3v) is 3.89. The minimum atomic E-state index is 0.451. The third-order valence-electron chi connectivity index (χ3n) is 3.89. The van der Waals surface area contributed by atoms with Gasteiger partial charge in [0, 0.05) is 56.8 Å². The summed E-state index contributed by atoms with van der Waals surface area (Å²) in [4.78, 5) is 6.91. The van der Waals surface area contributed by atoms with Gasteiger partial charge in [-0.2, -0.15) is 5.10 Å². The number of aryl methyl sites for hydroxylation is 1. The Morgan fingerprint density at radius 3 is 3.14 bits per heavy atom. The van der Waals surface area contributed by atoms with Gasteiger partial charge in [-0.25, -0.2) is 4.98 Å². The average molecular weight is 301 g/mol. The highest BCUT2D eigenvalue weighted by Gasteiger charge is 2.22. The molecular weight excluding hydrogens is 278 g/mol. The van der Waals surface area contributed by atoms with Crippen molar-refractivity contribution < 1.29 is 4.74 Å². The van der Waals surface area contributed by atoms with Crippen molar-refractivity contribution in [3.8, 4) is 0 Å². The highest BCUT2D eigenvalue weighted by molar-refractivity contribution is 5.05. The number of aromatic nitrogens is 4. The van der Waals surface area contributed by atoms with Crippen molar-refractivity contribution in [2.45, 2.75) is 19.6 Å². The molecule has 2 aromatic rings. The van der Waals surface area contributed by atoms with Crippen molar-refractivity contribution in [1.82, 2.24) is 24.2 Å². The second kappa shape index (κ2) is 6.89. The minimum absolute atomic E-state index is 0.451. The largest absolute Gasteiger partial charge is 0.377 e. The van der Waals surface area contributed by atoms with E-state index in [1.54, 1.807) is 6.08 Å². The molecule has 3 rings (SSSR count). The Labute approximate surface area is 131 Å². The van der Waals surface area contributed by atoms with Gasteiger partial charge < -0.3 is 9.30 Å². The predicted molar refractivity (Wildman–Crippen MR) is 84.1 cm³/mol. The van der Waals surface area contributed by atoms with Crippen LogP contribution in [0.4, 0.5) is 0 Å². The van der Waals surface area contributed by atoms with Crippen LogP contribution in [0.3, 0.4) is 0 Å². The Bertz CT molecular complexity index is 618. The molecule has 6 nitrogen and oxygen atoms in total. The smallest absolute Gasteiger partial charge is 0.122 e. The van der Waals surface area contributed by atoms with Crippen LogP contribution < -0.4 is 0 Å². The molecule has 22 heavy (non-hydrogen) atoms. The maximum atomic E-state index is 5.68. The quantitative estimate of drug-likeness (QED) is 0.598. The first-order valence-corrected chi connectivity index (χ1v) is 7.63. The second-order valence-corrected chi connectivity index (χ2v) is 5.88. The Balaban J connectivity index is 1.70. The van der Waals surface area contributed by atoms with Gasteiger partial charge in [0.15, 0.2) is 0 Å². The summed E-state index contributed by atoms with van der Waals surface area (Å²) in [7, 11) is 1.95. The van der Waals surface area contributed by atoms with Crippen molar-refractivity contribution in [1.29, 1.82) is 0 Å². The van der Waals surface area contributed by atoms with Gasteiger partial charge in [-0.1, -0.05) is 6.08 Å². The molecule has 0 N–H and O–H groups in total. The van der Waals surface area contributed by atoms with Gasteiger partial charge in [-0.3, -0.25) is 9.58 Å². The standard InChI is InChI=1S/C16H23N5O/c1-3-6-22-13-15-10-20(9-14-7-18-19(2)8-14)12-16-17-4-5-21(16)11-15/h3-5,7-8,15H,1,6,9-13H2,2H3/t15-/m1/s1. The van der Waals surface area contributed by atoms with Crippen molar-refractivity contribution in [3.05, 3.63) is 48.8 Å². The molecule has 1 aliphatic heterocycles. The molecule has 0 spiro atoms. The summed E-state index contributed by atoms with van der Waals surface area (Å²) in [5.74, 6) is 1.57. The molecule has 0 saturated heterocycles. The molecule has 1 aliphatic rings. The molecule has 0 aromatic carbocycles. The van der Waals surface area contributed by atoms with Crippen LogP contribution in [0.15, 0.2) is 37.4 Å². The predicted octanol–water partition coefficient (Wildman–Crippen LogP) is 1.45. The van der Waals surface area contributed by atoms with Crippen LogP contribution in [0.5, 0.6) is 0 Å². The third kappa shape index (κ3) is 3.64.